The van der Waals surface area contributed by atoms with Crippen LogP contribution in [0.15, 0.2) is 18.2 Å². The fourth-order valence-corrected chi connectivity index (χ4v) is 1.70. The van der Waals surface area contributed by atoms with Crippen molar-refractivity contribution in [2.75, 3.05) is 6.54 Å². The van der Waals surface area contributed by atoms with Gasteiger partial charge in [0.2, 0.25) is 0 Å². The van der Waals surface area contributed by atoms with Crippen molar-refractivity contribution in [3.63, 3.8) is 0 Å². The van der Waals surface area contributed by atoms with Crippen LogP contribution >= 0.6 is 0 Å². The van der Waals surface area contributed by atoms with Crippen molar-refractivity contribution >= 4 is 0 Å². The van der Waals surface area contributed by atoms with Gasteiger partial charge >= 0.3 is 0 Å². The van der Waals surface area contributed by atoms with Crippen molar-refractivity contribution < 1.29 is 0 Å². The van der Waals surface area contributed by atoms with Crippen LogP contribution in [0, 0.1) is 18.3 Å². The second-order valence-electron chi connectivity index (χ2n) is 5.48. The van der Waals surface area contributed by atoms with E-state index in [4.69, 9.17) is 5.26 Å². The number of nitrogens with one attached hydrogen (secondary N) is 1. The Labute approximate surface area is 105 Å². The largest absolute Gasteiger partial charge is 0.312 e. The smallest absolute Gasteiger partial charge is 0.0635 e. The van der Waals surface area contributed by atoms with E-state index in [9.17, 15) is 0 Å². The van der Waals surface area contributed by atoms with Crippen molar-refractivity contribution in [1.82, 2.24) is 5.32 Å². The topological polar surface area (TPSA) is 35.8 Å². The molecule has 17 heavy (non-hydrogen) atoms. The summed E-state index contributed by atoms with van der Waals surface area (Å²) in [5, 5.41) is 11.8. The van der Waals surface area contributed by atoms with Crippen LogP contribution in [0.5, 0.6) is 0 Å². The van der Waals surface area contributed by atoms with Crippen LogP contribution in [0.4, 0.5) is 0 Å². The zero-order valence-corrected chi connectivity index (χ0v) is 11.3. The SMILES string of the molecule is Cc1ccc(C(C)(C)C)cc1CNCCC#N. The van der Waals surface area contributed by atoms with Crippen molar-refractivity contribution in [3.8, 4) is 6.07 Å². The van der Waals surface area contributed by atoms with Gasteiger partial charge in [-0.15, -0.1) is 0 Å². The normalized spacial score (nSPS) is 11.2. The third-order valence-electron chi connectivity index (χ3n) is 2.94. The summed E-state index contributed by atoms with van der Waals surface area (Å²) in [6.07, 6.45) is 0.567. The van der Waals surface area contributed by atoms with E-state index in [1.165, 1.54) is 16.7 Å². The fourth-order valence-electron chi connectivity index (χ4n) is 1.70. The molecule has 0 fully saturated rings. The number of hydrogen-bond donors (Lipinski definition) is 1. The lowest BCUT2D eigenvalue weighted by atomic mass is 9.85. The average Bonchev–Trinajstić information content (AvgIpc) is 2.25. The first-order chi connectivity index (χ1) is 7.95. The van der Waals surface area contributed by atoms with E-state index in [1.807, 2.05) is 0 Å². The van der Waals surface area contributed by atoms with Gasteiger partial charge in [0.25, 0.3) is 0 Å². The van der Waals surface area contributed by atoms with Gasteiger partial charge in [-0.05, 0) is 29.0 Å². The molecule has 0 aliphatic rings. The summed E-state index contributed by atoms with van der Waals surface area (Å²) >= 11 is 0. The quantitative estimate of drug-likeness (QED) is 0.806. The lowest BCUT2D eigenvalue weighted by Crippen LogP contribution is -2.17. The molecule has 0 unspecified atom stereocenters. The summed E-state index contributed by atoms with van der Waals surface area (Å²) < 4.78 is 0. The van der Waals surface area contributed by atoms with Crippen LogP contribution in [0.2, 0.25) is 0 Å². The Hall–Kier alpha value is -1.33. The van der Waals surface area contributed by atoms with Gasteiger partial charge in [0.05, 0.1) is 6.07 Å². The molecule has 0 saturated heterocycles. The molecule has 0 radical (unpaired) electrons. The molecule has 0 aromatic heterocycles. The van der Waals surface area contributed by atoms with E-state index in [2.05, 4.69) is 57.3 Å². The van der Waals surface area contributed by atoms with Gasteiger partial charge in [-0.3, -0.25) is 0 Å². The summed E-state index contributed by atoms with van der Waals surface area (Å²) in [5.74, 6) is 0. The van der Waals surface area contributed by atoms with Crippen LogP contribution in [0.3, 0.4) is 0 Å². The highest BCUT2D eigenvalue weighted by molar-refractivity contribution is 5.34. The minimum atomic E-state index is 0.190. The van der Waals surface area contributed by atoms with Crippen LogP contribution in [0.1, 0.15) is 43.9 Å². The highest BCUT2D eigenvalue weighted by atomic mass is 14.8. The molecule has 0 atom stereocenters. The van der Waals surface area contributed by atoms with Crippen molar-refractivity contribution in [2.24, 2.45) is 0 Å². The summed E-state index contributed by atoms with van der Waals surface area (Å²) in [6.45, 7) is 10.4. The van der Waals surface area contributed by atoms with Crippen molar-refractivity contribution in [2.45, 2.75) is 46.1 Å². The third-order valence-corrected chi connectivity index (χ3v) is 2.94. The Morgan fingerprint density at radius 1 is 1.29 bits per heavy atom. The molecule has 1 N–H and O–H groups in total. The Bertz CT molecular complexity index is 408. The van der Waals surface area contributed by atoms with Gasteiger partial charge in [-0.1, -0.05) is 39.0 Å². The standard InChI is InChI=1S/C15H22N2/c1-12-6-7-14(15(2,3)4)10-13(12)11-17-9-5-8-16/h6-7,10,17H,5,9,11H2,1-4H3. The second kappa shape index (κ2) is 5.84. The Balaban J connectivity index is 2.74. The number of benzene rings is 1. The van der Waals surface area contributed by atoms with Crippen molar-refractivity contribution in [1.29, 1.82) is 5.26 Å². The minimum Gasteiger partial charge on any atom is -0.312 e. The predicted octanol–water partition coefficient (Wildman–Crippen LogP) is 3.30. The van der Waals surface area contributed by atoms with Gasteiger partial charge in [0.1, 0.15) is 0 Å². The molecule has 92 valence electrons. The highest BCUT2D eigenvalue weighted by Crippen LogP contribution is 2.24. The molecule has 2 nitrogen and oxygen atoms in total. The number of aryl methyl sites for hydroxylation is 1. The van der Waals surface area contributed by atoms with Gasteiger partial charge in [0.15, 0.2) is 0 Å². The number of hydrogen-bond acceptors (Lipinski definition) is 2. The molecule has 2 heteroatoms. The van der Waals surface area contributed by atoms with E-state index < -0.39 is 0 Å². The van der Waals surface area contributed by atoms with Gasteiger partial charge in [-0.2, -0.15) is 5.26 Å². The first-order valence-corrected chi connectivity index (χ1v) is 6.13. The average molecular weight is 230 g/mol. The van der Waals surface area contributed by atoms with Crippen molar-refractivity contribution in [3.05, 3.63) is 34.9 Å². The maximum atomic E-state index is 8.48. The molecular weight excluding hydrogens is 208 g/mol. The molecule has 1 aromatic carbocycles. The summed E-state index contributed by atoms with van der Waals surface area (Å²) in [7, 11) is 0. The summed E-state index contributed by atoms with van der Waals surface area (Å²) in [4.78, 5) is 0. The molecule has 1 aromatic rings. The molecule has 0 saturated carbocycles. The van der Waals surface area contributed by atoms with E-state index in [-0.39, 0.29) is 5.41 Å². The van der Waals surface area contributed by atoms with E-state index in [1.54, 1.807) is 0 Å². The molecule has 0 aliphatic carbocycles. The Kier molecular flexibility index (Phi) is 4.72. The number of nitriles is 1. The predicted molar refractivity (Wildman–Crippen MR) is 71.8 cm³/mol. The number of rotatable bonds is 4. The molecule has 1 rings (SSSR count). The van der Waals surface area contributed by atoms with Crippen LogP contribution in [-0.2, 0) is 12.0 Å². The van der Waals surface area contributed by atoms with E-state index >= 15 is 0 Å². The van der Waals surface area contributed by atoms with E-state index in [0.717, 1.165) is 13.1 Å². The second-order valence-corrected chi connectivity index (χ2v) is 5.48. The molecule has 0 heterocycles. The molecule has 0 bridgehead atoms. The molecular formula is C15H22N2. The Morgan fingerprint density at radius 2 is 2.00 bits per heavy atom. The molecule has 0 spiro atoms. The summed E-state index contributed by atoms with van der Waals surface area (Å²) in [5.41, 5.74) is 4.19. The Morgan fingerprint density at radius 3 is 2.59 bits per heavy atom. The van der Waals surface area contributed by atoms with E-state index in [0.29, 0.717) is 6.42 Å². The third kappa shape index (κ3) is 4.20. The molecule has 0 aliphatic heterocycles. The monoisotopic (exact) mass is 230 g/mol. The summed E-state index contributed by atoms with van der Waals surface area (Å²) in [6, 6.07) is 8.80. The molecule has 0 amide bonds. The first-order valence-electron chi connectivity index (χ1n) is 6.13. The zero-order chi connectivity index (χ0) is 12.9. The highest BCUT2D eigenvalue weighted by Gasteiger charge is 2.14. The number of nitrogens with zero attached hydrogens (tertiary/aromatic N) is 1. The zero-order valence-electron chi connectivity index (χ0n) is 11.3. The van der Waals surface area contributed by atoms with Crippen LogP contribution in [0.25, 0.3) is 0 Å². The maximum absolute atomic E-state index is 8.48. The fraction of sp³-hybridized carbons (Fsp3) is 0.533. The van der Waals surface area contributed by atoms with Gasteiger partial charge in [0, 0.05) is 19.5 Å². The lowest BCUT2D eigenvalue weighted by Gasteiger charge is -2.21. The maximum Gasteiger partial charge on any atom is 0.0635 e. The first kappa shape index (κ1) is 13.7. The van der Waals surface area contributed by atoms with Gasteiger partial charge in [-0.25, -0.2) is 0 Å². The van der Waals surface area contributed by atoms with Crippen LogP contribution in [-0.4, -0.2) is 6.54 Å². The lowest BCUT2D eigenvalue weighted by molar-refractivity contribution is 0.587. The minimum absolute atomic E-state index is 0.190. The van der Waals surface area contributed by atoms with Gasteiger partial charge < -0.3 is 5.32 Å². The van der Waals surface area contributed by atoms with Crippen LogP contribution < -0.4 is 5.32 Å².